The Morgan fingerprint density at radius 3 is 2.60 bits per heavy atom. The first kappa shape index (κ1) is 17.2. The number of carbonyl (C=O) groups is 3. The maximum atomic E-state index is 12.2. The van der Waals surface area contributed by atoms with Gasteiger partial charge in [-0.2, -0.15) is 0 Å². The fraction of sp³-hybridized carbons (Fsp3) is 0.471. The van der Waals surface area contributed by atoms with Crippen molar-refractivity contribution in [3.8, 4) is 0 Å². The molecule has 0 spiro atoms. The molecule has 2 aliphatic heterocycles. The molecule has 8 heteroatoms. The van der Waals surface area contributed by atoms with Crippen molar-refractivity contribution in [2.45, 2.75) is 38.4 Å². The summed E-state index contributed by atoms with van der Waals surface area (Å²) >= 11 is 0. The third-order valence-corrected chi connectivity index (χ3v) is 4.50. The Bertz CT molecular complexity index is 700. The Labute approximate surface area is 145 Å². The topological polar surface area (TPSA) is 111 Å². The van der Waals surface area contributed by atoms with Gasteiger partial charge in [-0.25, -0.2) is 4.79 Å². The summed E-state index contributed by atoms with van der Waals surface area (Å²) in [6.07, 6.45) is 0.357. The molecular weight excluding hydrogens is 324 g/mol. The van der Waals surface area contributed by atoms with Crippen LogP contribution in [0.25, 0.3) is 0 Å². The second kappa shape index (κ2) is 6.72. The van der Waals surface area contributed by atoms with E-state index < -0.39 is 18.7 Å². The van der Waals surface area contributed by atoms with Crippen LogP contribution in [0.5, 0.6) is 0 Å². The molecule has 3 rings (SSSR count). The molecule has 1 aromatic rings. The number of nitrogens with zero attached hydrogens (tertiary/aromatic N) is 1. The molecular formula is C17H22N4O4. The number of piperazine rings is 1. The van der Waals surface area contributed by atoms with E-state index in [-0.39, 0.29) is 30.4 Å². The molecule has 4 amide bonds. The number of aliphatic hydroxyl groups is 1. The molecule has 8 nitrogen and oxygen atoms in total. The zero-order chi connectivity index (χ0) is 18.1. The monoisotopic (exact) mass is 346 g/mol. The summed E-state index contributed by atoms with van der Waals surface area (Å²) in [5, 5.41) is 17.3. The Morgan fingerprint density at radius 1 is 1.28 bits per heavy atom. The summed E-state index contributed by atoms with van der Waals surface area (Å²) in [6, 6.07) is 3.57. The molecule has 2 saturated heterocycles. The lowest BCUT2D eigenvalue weighted by molar-refractivity contribution is -0.148. The third-order valence-electron chi connectivity index (χ3n) is 4.50. The number of hydrogen-bond donors (Lipinski definition) is 4. The van der Waals surface area contributed by atoms with E-state index in [0.717, 1.165) is 11.1 Å². The van der Waals surface area contributed by atoms with Crippen molar-refractivity contribution in [1.82, 2.24) is 15.5 Å². The number of aryl methyl sites for hydroxylation is 2. The molecule has 0 aliphatic carbocycles. The van der Waals surface area contributed by atoms with Gasteiger partial charge in [-0.05, 0) is 43.5 Å². The van der Waals surface area contributed by atoms with E-state index in [2.05, 4.69) is 16.0 Å². The van der Waals surface area contributed by atoms with Gasteiger partial charge in [0.15, 0.2) is 0 Å². The predicted molar refractivity (Wildman–Crippen MR) is 91.0 cm³/mol. The average Bonchev–Trinajstić information content (AvgIpc) is 2.94. The normalized spacial score (nSPS) is 25.4. The summed E-state index contributed by atoms with van der Waals surface area (Å²) < 4.78 is 0. The second-order valence-electron chi connectivity index (χ2n) is 6.66. The summed E-state index contributed by atoms with van der Waals surface area (Å²) in [5.74, 6) is -0.608. The number of urea groups is 1. The molecule has 0 saturated carbocycles. The van der Waals surface area contributed by atoms with Gasteiger partial charge in [0.25, 0.3) is 0 Å². The van der Waals surface area contributed by atoms with Crippen LogP contribution < -0.4 is 16.0 Å². The van der Waals surface area contributed by atoms with Gasteiger partial charge in [-0.1, -0.05) is 6.07 Å². The number of amides is 4. The number of rotatable bonds is 3. The van der Waals surface area contributed by atoms with E-state index >= 15 is 0 Å². The van der Waals surface area contributed by atoms with Crippen LogP contribution in [0, 0.1) is 13.8 Å². The van der Waals surface area contributed by atoms with Crippen molar-refractivity contribution < 1.29 is 19.5 Å². The lowest BCUT2D eigenvalue weighted by Crippen LogP contribution is -2.62. The van der Waals surface area contributed by atoms with Crippen molar-refractivity contribution in [2.75, 3.05) is 18.5 Å². The Morgan fingerprint density at radius 2 is 1.96 bits per heavy atom. The van der Waals surface area contributed by atoms with Crippen LogP contribution in [0.4, 0.5) is 10.5 Å². The number of fused-ring (bicyclic) bond motifs is 1. The molecule has 0 aromatic heterocycles. The Hall–Kier alpha value is -2.61. The molecule has 1 aromatic carbocycles. The lowest BCUT2D eigenvalue weighted by Gasteiger charge is -2.33. The Balaban J connectivity index is 1.62. The minimum Gasteiger partial charge on any atom is -0.394 e. The van der Waals surface area contributed by atoms with Gasteiger partial charge in [-0.15, -0.1) is 0 Å². The fourth-order valence-corrected chi connectivity index (χ4v) is 3.49. The number of hydrogen-bond acceptors (Lipinski definition) is 4. The molecule has 4 N–H and O–H groups in total. The highest BCUT2D eigenvalue weighted by Crippen LogP contribution is 2.23. The first-order chi connectivity index (χ1) is 11.9. The highest BCUT2D eigenvalue weighted by atomic mass is 16.3. The molecule has 3 atom stereocenters. The molecule has 0 radical (unpaired) electrons. The van der Waals surface area contributed by atoms with Crippen molar-refractivity contribution in [1.29, 1.82) is 0 Å². The van der Waals surface area contributed by atoms with Crippen molar-refractivity contribution in [3.63, 3.8) is 0 Å². The maximum absolute atomic E-state index is 12.2. The summed E-state index contributed by atoms with van der Waals surface area (Å²) in [4.78, 5) is 37.9. The molecule has 0 bridgehead atoms. The summed E-state index contributed by atoms with van der Waals surface area (Å²) in [6.45, 7) is 3.73. The number of benzene rings is 1. The average molecular weight is 346 g/mol. The van der Waals surface area contributed by atoms with Crippen LogP contribution in [-0.4, -0.2) is 59.1 Å². The zero-order valence-corrected chi connectivity index (χ0v) is 14.2. The Kier molecular flexibility index (Phi) is 4.63. The van der Waals surface area contributed by atoms with Crippen LogP contribution in [-0.2, 0) is 9.59 Å². The summed E-state index contributed by atoms with van der Waals surface area (Å²) in [5.41, 5.74) is 2.79. The van der Waals surface area contributed by atoms with E-state index in [4.69, 9.17) is 0 Å². The first-order valence-electron chi connectivity index (χ1n) is 8.25. The first-order valence-corrected chi connectivity index (χ1v) is 8.25. The van der Waals surface area contributed by atoms with Gasteiger partial charge in [0.2, 0.25) is 11.8 Å². The summed E-state index contributed by atoms with van der Waals surface area (Å²) in [7, 11) is 0. The highest BCUT2D eigenvalue weighted by Gasteiger charge is 2.46. The maximum Gasteiger partial charge on any atom is 0.319 e. The molecule has 0 unspecified atom stereocenters. The minimum atomic E-state index is -0.897. The van der Waals surface area contributed by atoms with Gasteiger partial charge < -0.3 is 26.0 Å². The van der Waals surface area contributed by atoms with Crippen LogP contribution in [0.15, 0.2) is 18.2 Å². The molecule has 25 heavy (non-hydrogen) atoms. The number of carbonyl (C=O) groups excluding carboxylic acids is 3. The SMILES string of the molecule is Cc1cc(C)cc(NC(=O)N[C@H]2C[C@H]3C(=O)N[C@@H](CO)C(=O)N3C2)c1. The smallest absolute Gasteiger partial charge is 0.319 e. The largest absolute Gasteiger partial charge is 0.394 e. The van der Waals surface area contributed by atoms with Gasteiger partial charge in [0.1, 0.15) is 12.1 Å². The van der Waals surface area contributed by atoms with Crippen LogP contribution >= 0.6 is 0 Å². The van der Waals surface area contributed by atoms with Crippen LogP contribution in [0.3, 0.4) is 0 Å². The van der Waals surface area contributed by atoms with Crippen LogP contribution in [0.1, 0.15) is 17.5 Å². The van der Waals surface area contributed by atoms with E-state index in [9.17, 15) is 19.5 Å². The lowest BCUT2D eigenvalue weighted by atomic mass is 10.1. The van der Waals surface area contributed by atoms with Crippen molar-refractivity contribution in [3.05, 3.63) is 29.3 Å². The van der Waals surface area contributed by atoms with Crippen molar-refractivity contribution >= 4 is 23.5 Å². The quantitative estimate of drug-likeness (QED) is 0.612. The van der Waals surface area contributed by atoms with Crippen LogP contribution in [0.2, 0.25) is 0 Å². The highest BCUT2D eigenvalue weighted by molar-refractivity contribution is 5.98. The van der Waals surface area contributed by atoms with E-state index in [1.165, 1.54) is 4.90 Å². The van der Waals surface area contributed by atoms with E-state index in [1.54, 1.807) is 0 Å². The number of nitrogens with one attached hydrogen (secondary N) is 3. The molecule has 2 aliphatic rings. The third kappa shape index (κ3) is 3.58. The second-order valence-corrected chi connectivity index (χ2v) is 6.66. The molecule has 2 heterocycles. The van der Waals surface area contributed by atoms with E-state index in [1.807, 2.05) is 32.0 Å². The number of aliphatic hydroxyl groups excluding tert-OH is 1. The van der Waals surface area contributed by atoms with Gasteiger partial charge in [0, 0.05) is 12.2 Å². The molecule has 2 fully saturated rings. The van der Waals surface area contributed by atoms with Gasteiger partial charge >= 0.3 is 6.03 Å². The van der Waals surface area contributed by atoms with Crippen molar-refractivity contribution in [2.24, 2.45) is 0 Å². The van der Waals surface area contributed by atoms with Gasteiger partial charge in [0.05, 0.1) is 12.6 Å². The van der Waals surface area contributed by atoms with Gasteiger partial charge in [-0.3, -0.25) is 9.59 Å². The molecule has 134 valence electrons. The van der Waals surface area contributed by atoms with E-state index in [0.29, 0.717) is 12.1 Å². The standard InChI is InChI=1S/C17H22N4O4/c1-9-3-10(2)5-11(4-9)18-17(25)19-12-6-14-15(23)20-13(8-22)16(24)21(14)7-12/h3-5,12-14,22H,6-8H2,1-2H3,(H,20,23)(H2,18,19,25)/t12-,13-,14-/m0/s1. The minimum absolute atomic E-state index is 0.258. The zero-order valence-electron chi connectivity index (χ0n) is 14.2. The fourth-order valence-electron chi connectivity index (χ4n) is 3.49. The predicted octanol–water partition coefficient (Wildman–Crippen LogP) is -0.115. The number of anilines is 1.